The SMILES string of the molecule is C[Si](C)(CCC1=CCCCC1)C1CCCCO1. The minimum Gasteiger partial charge on any atom is -0.382 e. The summed E-state index contributed by atoms with van der Waals surface area (Å²) in [6.07, 6.45) is 13.4. The van der Waals surface area contributed by atoms with E-state index in [1.807, 2.05) is 0 Å². The molecular weight excluding hydrogens is 224 g/mol. The quantitative estimate of drug-likeness (QED) is 0.521. The Bertz CT molecular complexity index is 264. The summed E-state index contributed by atoms with van der Waals surface area (Å²) in [5.74, 6) is 0. The first-order valence-electron chi connectivity index (χ1n) is 7.48. The predicted octanol–water partition coefficient (Wildman–Crippen LogP) is 4.69. The maximum Gasteiger partial charge on any atom is 0.0818 e. The van der Waals surface area contributed by atoms with Gasteiger partial charge in [0.15, 0.2) is 0 Å². The third-order valence-corrected chi connectivity index (χ3v) is 8.26. The van der Waals surface area contributed by atoms with Crippen molar-refractivity contribution in [3.8, 4) is 0 Å². The Kier molecular flexibility index (Phi) is 4.86. The van der Waals surface area contributed by atoms with Gasteiger partial charge in [-0.3, -0.25) is 0 Å². The zero-order chi connectivity index (χ0) is 12.1. The highest BCUT2D eigenvalue weighted by molar-refractivity contribution is 6.78. The van der Waals surface area contributed by atoms with Gasteiger partial charge in [0.05, 0.1) is 8.07 Å². The van der Waals surface area contributed by atoms with E-state index in [0.29, 0.717) is 5.73 Å². The molecule has 0 N–H and O–H groups in total. The first-order valence-corrected chi connectivity index (χ1v) is 10.8. The smallest absolute Gasteiger partial charge is 0.0818 e. The van der Waals surface area contributed by atoms with Gasteiger partial charge in [-0.1, -0.05) is 30.8 Å². The van der Waals surface area contributed by atoms with Gasteiger partial charge in [-0.25, -0.2) is 0 Å². The first-order chi connectivity index (χ1) is 8.18. The third-order valence-electron chi connectivity index (χ3n) is 4.53. The molecule has 0 saturated carbocycles. The lowest BCUT2D eigenvalue weighted by Gasteiger charge is -2.35. The molecule has 2 aliphatic rings. The number of ether oxygens (including phenoxy) is 1. The van der Waals surface area contributed by atoms with Gasteiger partial charge < -0.3 is 4.74 Å². The van der Waals surface area contributed by atoms with Crippen LogP contribution in [0.25, 0.3) is 0 Å². The van der Waals surface area contributed by atoms with E-state index in [1.165, 1.54) is 57.4 Å². The fourth-order valence-electron chi connectivity index (χ4n) is 3.13. The lowest BCUT2D eigenvalue weighted by molar-refractivity contribution is 0.0598. The van der Waals surface area contributed by atoms with Crippen molar-refractivity contribution in [3.05, 3.63) is 11.6 Å². The van der Waals surface area contributed by atoms with Crippen LogP contribution in [-0.4, -0.2) is 20.4 Å². The second-order valence-corrected chi connectivity index (χ2v) is 11.6. The Morgan fingerprint density at radius 2 is 2.12 bits per heavy atom. The summed E-state index contributed by atoms with van der Waals surface area (Å²) in [6, 6.07) is 1.43. The molecular formula is C15H28OSi. The van der Waals surface area contributed by atoms with E-state index in [0.717, 1.165) is 6.61 Å². The van der Waals surface area contributed by atoms with Crippen molar-refractivity contribution in [1.29, 1.82) is 0 Å². The van der Waals surface area contributed by atoms with Crippen LogP contribution in [0.2, 0.25) is 19.1 Å². The van der Waals surface area contributed by atoms with E-state index in [2.05, 4.69) is 19.2 Å². The van der Waals surface area contributed by atoms with E-state index in [-0.39, 0.29) is 0 Å². The van der Waals surface area contributed by atoms with Crippen molar-refractivity contribution in [2.24, 2.45) is 0 Å². The van der Waals surface area contributed by atoms with Crippen LogP contribution >= 0.6 is 0 Å². The monoisotopic (exact) mass is 252 g/mol. The van der Waals surface area contributed by atoms with Gasteiger partial charge >= 0.3 is 0 Å². The van der Waals surface area contributed by atoms with Crippen molar-refractivity contribution < 1.29 is 4.74 Å². The number of hydrogen-bond acceptors (Lipinski definition) is 1. The molecule has 1 unspecified atom stereocenters. The molecule has 0 bridgehead atoms. The topological polar surface area (TPSA) is 9.23 Å². The van der Waals surface area contributed by atoms with Gasteiger partial charge in [-0.15, -0.1) is 0 Å². The molecule has 0 radical (unpaired) electrons. The highest BCUT2D eigenvalue weighted by atomic mass is 28.3. The molecule has 1 aliphatic heterocycles. The molecule has 1 heterocycles. The average Bonchev–Trinajstić information content (AvgIpc) is 2.39. The highest BCUT2D eigenvalue weighted by Gasteiger charge is 2.33. The number of rotatable bonds is 4. The molecule has 1 atom stereocenters. The minimum atomic E-state index is -1.15. The maximum atomic E-state index is 6.02. The first kappa shape index (κ1) is 13.4. The van der Waals surface area contributed by atoms with Gasteiger partial charge in [-0.2, -0.15) is 0 Å². The van der Waals surface area contributed by atoms with Crippen molar-refractivity contribution in [1.82, 2.24) is 0 Å². The van der Waals surface area contributed by atoms with E-state index < -0.39 is 8.07 Å². The van der Waals surface area contributed by atoms with Crippen LogP contribution in [-0.2, 0) is 4.74 Å². The van der Waals surface area contributed by atoms with Crippen LogP contribution < -0.4 is 0 Å². The van der Waals surface area contributed by atoms with Crippen LogP contribution in [0.3, 0.4) is 0 Å². The Morgan fingerprint density at radius 3 is 2.76 bits per heavy atom. The molecule has 0 aromatic heterocycles. The standard InChI is InChI=1S/C15H28OSi/c1-17(2,15-10-6-7-12-16-15)13-11-14-8-4-3-5-9-14/h8,15H,3-7,9-13H2,1-2H3. The Labute approximate surface area is 108 Å². The average molecular weight is 252 g/mol. The summed E-state index contributed by atoms with van der Waals surface area (Å²) < 4.78 is 6.02. The molecule has 17 heavy (non-hydrogen) atoms. The normalized spacial score (nSPS) is 26.7. The second-order valence-electron chi connectivity index (χ2n) is 6.45. The summed E-state index contributed by atoms with van der Waals surface area (Å²) in [6.45, 7) is 6.09. The summed E-state index contributed by atoms with van der Waals surface area (Å²) in [5.41, 5.74) is 2.38. The van der Waals surface area contributed by atoms with Crippen LogP contribution in [0.4, 0.5) is 0 Å². The summed E-state index contributed by atoms with van der Waals surface area (Å²) >= 11 is 0. The van der Waals surface area contributed by atoms with E-state index in [1.54, 1.807) is 5.57 Å². The fourth-order valence-corrected chi connectivity index (χ4v) is 5.97. The molecule has 0 amide bonds. The molecule has 1 nitrogen and oxygen atoms in total. The maximum absolute atomic E-state index is 6.02. The molecule has 2 heteroatoms. The molecule has 0 aromatic carbocycles. The lowest BCUT2D eigenvalue weighted by atomic mass is 9.98. The molecule has 1 saturated heterocycles. The van der Waals surface area contributed by atoms with Gasteiger partial charge in [0.1, 0.15) is 0 Å². The van der Waals surface area contributed by atoms with E-state index in [9.17, 15) is 0 Å². The molecule has 0 aromatic rings. The zero-order valence-electron chi connectivity index (χ0n) is 11.6. The molecule has 0 spiro atoms. The largest absolute Gasteiger partial charge is 0.382 e. The van der Waals surface area contributed by atoms with Crippen molar-refractivity contribution in [2.45, 2.75) is 76.2 Å². The molecule has 1 aliphatic carbocycles. The Morgan fingerprint density at radius 1 is 1.24 bits per heavy atom. The minimum absolute atomic E-state index is 0.639. The zero-order valence-corrected chi connectivity index (χ0v) is 12.6. The summed E-state index contributed by atoms with van der Waals surface area (Å²) in [5, 5.41) is 0. The highest BCUT2D eigenvalue weighted by Crippen LogP contribution is 2.30. The van der Waals surface area contributed by atoms with Crippen LogP contribution in [0.1, 0.15) is 51.4 Å². The number of hydrogen-bond donors (Lipinski definition) is 0. The molecule has 2 rings (SSSR count). The predicted molar refractivity (Wildman–Crippen MR) is 77.0 cm³/mol. The van der Waals surface area contributed by atoms with Crippen molar-refractivity contribution >= 4 is 8.07 Å². The van der Waals surface area contributed by atoms with Gasteiger partial charge in [-0.05, 0) is 51.4 Å². The Balaban J connectivity index is 1.81. The van der Waals surface area contributed by atoms with Crippen LogP contribution in [0.15, 0.2) is 11.6 Å². The lowest BCUT2D eigenvalue weighted by Crippen LogP contribution is -2.45. The molecule has 98 valence electrons. The second kappa shape index (κ2) is 6.19. The van der Waals surface area contributed by atoms with E-state index >= 15 is 0 Å². The van der Waals surface area contributed by atoms with Gasteiger partial charge in [0, 0.05) is 12.3 Å². The molecule has 1 fully saturated rings. The van der Waals surface area contributed by atoms with E-state index in [4.69, 9.17) is 4.74 Å². The fraction of sp³-hybridized carbons (Fsp3) is 0.867. The van der Waals surface area contributed by atoms with Gasteiger partial charge in [0.25, 0.3) is 0 Å². The third kappa shape index (κ3) is 3.96. The number of allylic oxidation sites excluding steroid dienone is 2. The van der Waals surface area contributed by atoms with Crippen LogP contribution in [0.5, 0.6) is 0 Å². The van der Waals surface area contributed by atoms with Crippen LogP contribution in [0, 0.1) is 0 Å². The Hall–Kier alpha value is -0.0831. The van der Waals surface area contributed by atoms with Gasteiger partial charge in [0.2, 0.25) is 0 Å². The summed E-state index contributed by atoms with van der Waals surface area (Å²) in [7, 11) is -1.15. The van der Waals surface area contributed by atoms with Crippen molar-refractivity contribution in [2.75, 3.05) is 6.61 Å². The van der Waals surface area contributed by atoms with Crippen molar-refractivity contribution in [3.63, 3.8) is 0 Å². The summed E-state index contributed by atoms with van der Waals surface area (Å²) in [4.78, 5) is 0.